The minimum atomic E-state index is -0.218. The zero-order valence-corrected chi connectivity index (χ0v) is 10.2. The summed E-state index contributed by atoms with van der Waals surface area (Å²) in [4.78, 5) is 13.4. The van der Waals surface area contributed by atoms with Crippen LogP contribution < -0.4 is 10.6 Å². The van der Waals surface area contributed by atoms with Crippen molar-refractivity contribution < 1.29 is 4.79 Å². The van der Waals surface area contributed by atoms with E-state index in [9.17, 15) is 4.79 Å². The summed E-state index contributed by atoms with van der Waals surface area (Å²) in [5.41, 5.74) is 0.690. The van der Waals surface area contributed by atoms with Crippen molar-refractivity contribution in [2.45, 2.75) is 0 Å². The molecule has 16 heavy (non-hydrogen) atoms. The van der Waals surface area contributed by atoms with Crippen LogP contribution in [-0.2, 0) is 0 Å². The lowest BCUT2D eigenvalue weighted by atomic mass is 10.3. The Morgan fingerprint density at radius 1 is 1.44 bits per heavy atom. The molecule has 0 aliphatic carbocycles. The number of likely N-dealkylation sites (N-methyl/N-ethyl adjacent to an activating group) is 1. The summed E-state index contributed by atoms with van der Waals surface area (Å²) in [6, 6.07) is 6.82. The van der Waals surface area contributed by atoms with Gasteiger partial charge in [0.1, 0.15) is 0 Å². The second-order valence-electron chi connectivity index (χ2n) is 3.69. The fourth-order valence-electron chi connectivity index (χ4n) is 1.13. The Bertz CT molecular complexity index is 355. The summed E-state index contributed by atoms with van der Waals surface area (Å²) in [6.45, 7) is 1.42. The SMILES string of the molecule is CN(C)CCNC(=O)Nc1cccc(Cl)c1. The third kappa shape index (κ3) is 5.00. The normalized spacial score (nSPS) is 10.2. The van der Waals surface area contributed by atoms with Crippen LogP contribution in [0.5, 0.6) is 0 Å². The second kappa shape index (κ2) is 6.35. The molecule has 2 amide bonds. The van der Waals surface area contributed by atoms with Gasteiger partial charge in [0.05, 0.1) is 0 Å². The molecular formula is C11H16ClN3O. The number of rotatable bonds is 4. The van der Waals surface area contributed by atoms with Gasteiger partial charge in [-0.15, -0.1) is 0 Å². The van der Waals surface area contributed by atoms with E-state index in [1.54, 1.807) is 24.3 Å². The number of carbonyl (C=O) groups excluding carboxylic acids is 1. The lowest BCUT2D eigenvalue weighted by Crippen LogP contribution is -2.34. The molecule has 5 heteroatoms. The number of urea groups is 1. The zero-order chi connectivity index (χ0) is 12.0. The summed E-state index contributed by atoms with van der Waals surface area (Å²) in [6.07, 6.45) is 0. The van der Waals surface area contributed by atoms with Gasteiger partial charge in [0, 0.05) is 23.8 Å². The molecule has 0 aromatic heterocycles. The Balaban J connectivity index is 2.34. The van der Waals surface area contributed by atoms with Gasteiger partial charge < -0.3 is 15.5 Å². The van der Waals surface area contributed by atoms with Crippen LogP contribution in [0, 0.1) is 0 Å². The van der Waals surface area contributed by atoms with Gasteiger partial charge >= 0.3 is 6.03 Å². The molecular weight excluding hydrogens is 226 g/mol. The van der Waals surface area contributed by atoms with Crippen LogP contribution >= 0.6 is 11.6 Å². The monoisotopic (exact) mass is 241 g/mol. The second-order valence-corrected chi connectivity index (χ2v) is 4.13. The van der Waals surface area contributed by atoms with Gasteiger partial charge in [-0.1, -0.05) is 17.7 Å². The number of nitrogens with zero attached hydrogens (tertiary/aromatic N) is 1. The standard InChI is InChI=1S/C11H16ClN3O/c1-15(2)7-6-13-11(16)14-10-5-3-4-9(12)8-10/h3-5,8H,6-7H2,1-2H3,(H2,13,14,16). The van der Waals surface area contributed by atoms with Crippen molar-refractivity contribution in [1.82, 2.24) is 10.2 Å². The van der Waals surface area contributed by atoms with Crippen molar-refractivity contribution in [3.05, 3.63) is 29.3 Å². The lowest BCUT2D eigenvalue weighted by molar-refractivity contribution is 0.250. The maximum absolute atomic E-state index is 11.4. The molecule has 0 radical (unpaired) electrons. The molecule has 2 N–H and O–H groups in total. The summed E-state index contributed by atoms with van der Waals surface area (Å²) < 4.78 is 0. The van der Waals surface area contributed by atoms with Crippen LogP contribution in [0.3, 0.4) is 0 Å². The highest BCUT2D eigenvalue weighted by Crippen LogP contribution is 2.14. The van der Waals surface area contributed by atoms with Crippen molar-refractivity contribution in [1.29, 1.82) is 0 Å². The van der Waals surface area contributed by atoms with E-state index in [1.807, 2.05) is 19.0 Å². The highest BCUT2D eigenvalue weighted by molar-refractivity contribution is 6.30. The minimum Gasteiger partial charge on any atom is -0.337 e. The molecule has 4 nitrogen and oxygen atoms in total. The molecule has 1 aromatic rings. The molecule has 88 valence electrons. The van der Waals surface area contributed by atoms with E-state index in [4.69, 9.17) is 11.6 Å². The quantitative estimate of drug-likeness (QED) is 0.847. The summed E-state index contributed by atoms with van der Waals surface area (Å²) >= 11 is 5.80. The van der Waals surface area contributed by atoms with Crippen LogP contribution in [-0.4, -0.2) is 38.1 Å². The first-order valence-electron chi connectivity index (χ1n) is 5.03. The third-order valence-corrected chi connectivity index (χ3v) is 2.16. The first-order chi connectivity index (χ1) is 7.58. The van der Waals surface area contributed by atoms with Crippen molar-refractivity contribution in [3.63, 3.8) is 0 Å². The molecule has 0 bridgehead atoms. The molecule has 0 saturated carbocycles. The number of carbonyl (C=O) groups is 1. The third-order valence-electron chi connectivity index (χ3n) is 1.93. The first kappa shape index (κ1) is 12.8. The van der Waals surface area contributed by atoms with Crippen molar-refractivity contribution in [2.24, 2.45) is 0 Å². The predicted octanol–water partition coefficient (Wildman–Crippen LogP) is 2.02. The topological polar surface area (TPSA) is 44.4 Å². The first-order valence-corrected chi connectivity index (χ1v) is 5.41. The van der Waals surface area contributed by atoms with Gasteiger partial charge in [-0.2, -0.15) is 0 Å². The van der Waals surface area contributed by atoms with Gasteiger partial charge in [-0.3, -0.25) is 0 Å². The van der Waals surface area contributed by atoms with Crippen molar-refractivity contribution in [3.8, 4) is 0 Å². The Labute approximate surface area is 101 Å². The fourth-order valence-corrected chi connectivity index (χ4v) is 1.32. The maximum atomic E-state index is 11.4. The minimum absolute atomic E-state index is 0.218. The molecule has 0 aliphatic rings. The van der Waals surface area contributed by atoms with Gasteiger partial charge in [0.2, 0.25) is 0 Å². The van der Waals surface area contributed by atoms with Crippen LogP contribution in [0.25, 0.3) is 0 Å². The number of anilines is 1. The Morgan fingerprint density at radius 3 is 2.81 bits per heavy atom. The lowest BCUT2D eigenvalue weighted by Gasteiger charge is -2.11. The fraction of sp³-hybridized carbons (Fsp3) is 0.364. The van der Waals surface area contributed by atoms with Crippen LogP contribution in [0.2, 0.25) is 5.02 Å². The summed E-state index contributed by atoms with van der Waals surface area (Å²) in [7, 11) is 3.91. The van der Waals surface area contributed by atoms with E-state index in [1.165, 1.54) is 0 Å². The Hall–Kier alpha value is -1.26. The molecule has 0 fully saturated rings. The van der Waals surface area contributed by atoms with E-state index in [0.29, 0.717) is 17.3 Å². The molecule has 1 rings (SSSR count). The smallest absolute Gasteiger partial charge is 0.319 e. The van der Waals surface area contributed by atoms with Gasteiger partial charge in [-0.25, -0.2) is 4.79 Å². The molecule has 0 spiro atoms. The number of hydrogen-bond acceptors (Lipinski definition) is 2. The number of amides is 2. The van der Waals surface area contributed by atoms with Gasteiger partial charge in [-0.05, 0) is 32.3 Å². The van der Waals surface area contributed by atoms with Crippen molar-refractivity contribution >= 4 is 23.3 Å². The molecule has 0 unspecified atom stereocenters. The van der Waals surface area contributed by atoms with Gasteiger partial charge in [0.25, 0.3) is 0 Å². The number of halogens is 1. The van der Waals surface area contributed by atoms with Crippen LogP contribution in [0.1, 0.15) is 0 Å². The number of benzene rings is 1. The number of nitrogens with one attached hydrogen (secondary N) is 2. The maximum Gasteiger partial charge on any atom is 0.319 e. The Kier molecular flexibility index (Phi) is 5.08. The predicted molar refractivity (Wildman–Crippen MR) is 67.0 cm³/mol. The van der Waals surface area contributed by atoms with E-state index in [-0.39, 0.29) is 6.03 Å². The molecule has 0 saturated heterocycles. The zero-order valence-electron chi connectivity index (χ0n) is 9.46. The van der Waals surface area contributed by atoms with Gasteiger partial charge in [0.15, 0.2) is 0 Å². The van der Waals surface area contributed by atoms with E-state index in [2.05, 4.69) is 10.6 Å². The average Bonchev–Trinajstić information content (AvgIpc) is 2.16. The number of hydrogen-bond donors (Lipinski definition) is 2. The highest BCUT2D eigenvalue weighted by Gasteiger charge is 2.01. The van der Waals surface area contributed by atoms with Crippen molar-refractivity contribution in [2.75, 3.05) is 32.5 Å². The average molecular weight is 242 g/mol. The van der Waals surface area contributed by atoms with Crippen LogP contribution in [0.15, 0.2) is 24.3 Å². The molecule has 0 atom stereocenters. The largest absolute Gasteiger partial charge is 0.337 e. The molecule has 0 aliphatic heterocycles. The highest BCUT2D eigenvalue weighted by atomic mass is 35.5. The summed E-state index contributed by atoms with van der Waals surface area (Å²) in [5, 5.41) is 6.05. The molecule has 0 heterocycles. The molecule has 1 aromatic carbocycles. The van der Waals surface area contributed by atoms with Crippen LogP contribution in [0.4, 0.5) is 10.5 Å². The summed E-state index contributed by atoms with van der Waals surface area (Å²) in [5.74, 6) is 0. The van der Waals surface area contributed by atoms with E-state index < -0.39 is 0 Å². The Morgan fingerprint density at radius 2 is 2.19 bits per heavy atom. The van der Waals surface area contributed by atoms with E-state index in [0.717, 1.165) is 6.54 Å². The van der Waals surface area contributed by atoms with E-state index >= 15 is 0 Å².